The fourth-order valence-electron chi connectivity index (χ4n) is 1.92. The molecular formula is C14H16N4O3. The lowest BCUT2D eigenvalue weighted by molar-refractivity contribution is -0.139. The molecule has 1 atom stereocenters. The van der Waals surface area contributed by atoms with Crippen molar-refractivity contribution in [2.24, 2.45) is 0 Å². The van der Waals surface area contributed by atoms with Crippen LogP contribution < -0.4 is 5.32 Å². The number of nitrogens with zero attached hydrogens (tertiary/aromatic N) is 3. The van der Waals surface area contributed by atoms with Gasteiger partial charge in [0.2, 0.25) is 0 Å². The van der Waals surface area contributed by atoms with Gasteiger partial charge >= 0.3 is 5.97 Å². The maximum atomic E-state index is 12.1. The zero-order valence-corrected chi connectivity index (χ0v) is 11.8. The standard InChI is InChI=1S/C14H16N4O3/c1-3-11(14(20)21)15-13(19)12-9(2)18(17-16-12)10-7-5-4-6-8-10/h4-8,11H,3H2,1-2H3,(H,15,19)(H,20,21). The van der Waals surface area contributed by atoms with Gasteiger partial charge in [-0.1, -0.05) is 30.3 Å². The first-order valence-electron chi connectivity index (χ1n) is 6.56. The maximum absolute atomic E-state index is 12.1. The Morgan fingerprint density at radius 1 is 1.33 bits per heavy atom. The van der Waals surface area contributed by atoms with E-state index in [-0.39, 0.29) is 5.69 Å². The van der Waals surface area contributed by atoms with Gasteiger partial charge in [-0.3, -0.25) is 4.79 Å². The van der Waals surface area contributed by atoms with Crippen LogP contribution in [0.5, 0.6) is 0 Å². The van der Waals surface area contributed by atoms with E-state index in [4.69, 9.17) is 5.11 Å². The molecule has 0 aliphatic heterocycles. The van der Waals surface area contributed by atoms with Gasteiger partial charge in [-0.05, 0) is 25.5 Å². The van der Waals surface area contributed by atoms with Gasteiger partial charge in [0.25, 0.3) is 5.91 Å². The van der Waals surface area contributed by atoms with Crippen LogP contribution in [0.15, 0.2) is 30.3 Å². The van der Waals surface area contributed by atoms with Crippen molar-refractivity contribution >= 4 is 11.9 Å². The highest BCUT2D eigenvalue weighted by Crippen LogP contribution is 2.11. The first-order chi connectivity index (χ1) is 10.0. The summed E-state index contributed by atoms with van der Waals surface area (Å²) in [6.07, 6.45) is 0.299. The van der Waals surface area contributed by atoms with Crippen LogP contribution in [0.25, 0.3) is 5.69 Å². The molecule has 0 aliphatic rings. The lowest BCUT2D eigenvalue weighted by Gasteiger charge is -2.11. The first-order valence-corrected chi connectivity index (χ1v) is 6.56. The summed E-state index contributed by atoms with van der Waals surface area (Å²) in [6.45, 7) is 3.40. The predicted molar refractivity (Wildman–Crippen MR) is 75.3 cm³/mol. The highest BCUT2D eigenvalue weighted by molar-refractivity contribution is 5.95. The quantitative estimate of drug-likeness (QED) is 0.860. The number of benzene rings is 1. The molecule has 1 unspecified atom stereocenters. The van der Waals surface area contributed by atoms with E-state index in [1.165, 1.54) is 4.68 Å². The van der Waals surface area contributed by atoms with Crippen molar-refractivity contribution in [3.8, 4) is 5.69 Å². The molecule has 2 N–H and O–H groups in total. The summed E-state index contributed by atoms with van der Waals surface area (Å²) in [5, 5.41) is 19.2. The summed E-state index contributed by atoms with van der Waals surface area (Å²) in [5.41, 5.74) is 1.46. The Morgan fingerprint density at radius 3 is 2.57 bits per heavy atom. The van der Waals surface area contributed by atoms with E-state index in [9.17, 15) is 9.59 Å². The number of aliphatic carboxylic acids is 1. The minimum atomic E-state index is -1.07. The van der Waals surface area contributed by atoms with Crippen molar-refractivity contribution in [1.82, 2.24) is 20.3 Å². The van der Waals surface area contributed by atoms with E-state index in [0.717, 1.165) is 5.69 Å². The third kappa shape index (κ3) is 3.07. The number of rotatable bonds is 5. The molecule has 0 fully saturated rings. The van der Waals surface area contributed by atoms with E-state index in [0.29, 0.717) is 12.1 Å². The molecule has 0 saturated carbocycles. The Bertz CT molecular complexity index is 651. The highest BCUT2D eigenvalue weighted by Gasteiger charge is 2.23. The first kappa shape index (κ1) is 14.7. The van der Waals surface area contributed by atoms with Gasteiger partial charge in [-0.2, -0.15) is 0 Å². The van der Waals surface area contributed by atoms with Crippen molar-refractivity contribution in [1.29, 1.82) is 0 Å². The van der Waals surface area contributed by atoms with E-state index < -0.39 is 17.9 Å². The maximum Gasteiger partial charge on any atom is 0.326 e. The number of nitrogens with one attached hydrogen (secondary N) is 1. The topological polar surface area (TPSA) is 97.1 Å². The summed E-state index contributed by atoms with van der Waals surface area (Å²) in [6, 6.07) is 8.34. The van der Waals surface area contributed by atoms with Crippen molar-refractivity contribution in [2.75, 3.05) is 0 Å². The molecule has 0 spiro atoms. The monoisotopic (exact) mass is 288 g/mol. The van der Waals surface area contributed by atoms with Gasteiger partial charge in [-0.15, -0.1) is 5.10 Å². The van der Waals surface area contributed by atoms with Gasteiger partial charge in [0.05, 0.1) is 11.4 Å². The normalized spacial score (nSPS) is 11.9. The molecule has 1 amide bonds. The van der Waals surface area contributed by atoms with Crippen LogP contribution in [-0.2, 0) is 4.79 Å². The molecule has 1 aromatic heterocycles. The summed E-state index contributed by atoms with van der Waals surface area (Å²) < 4.78 is 1.54. The number of para-hydroxylation sites is 1. The molecule has 0 aliphatic carbocycles. The lowest BCUT2D eigenvalue weighted by Crippen LogP contribution is -2.40. The third-order valence-corrected chi connectivity index (χ3v) is 3.12. The summed E-state index contributed by atoms with van der Waals surface area (Å²) in [5.74, 6) is -1.61. The number of amides is 1. The zero-order chi connectivity index (χ0) is 15.4. The number of hydrogen-bond donors (Lipinski definition) is 2. The molecule has 2 aromatic rings. The van der Waals surface area contributed by atoms with Crippen molar-refractivity contribution in [3.05, 3.63) is 41.7 Å². The van der Waals surface area contributed by atoms with Crippen LogP contribution >= 0.6 is 0 Å². The van der Waals surface area contributed by atoms with Crippen LogP contribution in [0.3, 0.4) is 0 Å². The molecule has 1 aromatic carbocycles. The van der Waals surface area contributed by atoms with E-state index in [2.05, 4.69) is 15.6 Å². The van der Waals surface area contributed by atoms with E-state index in [1.807, 2.05) is 30.3 Å². The Hall–Kier alpha value is -2.70. The molecule has 21 heavy (non-hydrogen) atoms. The number of carboxylic acids is 1. The molecule has 110 valence electrons. The SMILES string of the molecule is CCC(NC(=O)c1nnn(-c2ccccc2)c1C)C(=O)O. The second-order valence-corrected chi connectivity index (χ2v) is 4.54. The molecule has 7 nitrogen and oxygen atoms in total. The van der Waals surface area contributed by atoms with Crippen LogP contribution in [0, 0.1) is 6.92 Å². The molecule has 1 heterocycles. The largest absolute Gasteiger partial charge is 0.480 e. The summed E-state index contributed by atoms with van der Waals surface area (Å²) in [4.78, 5) is 23.0. The Kier molecular flexibility index (Phi) is 4.32. The van der Waals surface area contributed by atoms with Crippen LogP contribution in [-0.4, -0.2) is 38.0 Å². The minimum Gasteiger partial charge on any atom is -0.480 e. The van der Waals surface area contributed by atoms with Gasteiger partial charge in [0.15, 0.2) is 5.69 Å². The number of aromatic nitrogens is 3. The molecule has 0 radical (unpaired) electrons. The van der Waals surface area contributed by atoms with Gasteiger partial charge in [0.1, 0.15) is 6.04 Å². The van der Waals surface area contributed by atoms with Crippen molar-refractivity contribution in [2.45, 2.75) is 26.3 Å². The van der Waals surface area contributed by atoms with Crippen molar-refractivity contribution in [3.63, 3.8) is 0 Å². The van der Waals surface area contributed by atoms with Gasteiger partial charge < -0.3 is 10.4 Å². The summed E-state index contributed by atoms with van der Waals surface area (Å²) in [7, 11) is 0. The average molecular weight is 288 g/mol. The smallest absolute Gasteiger partial charge is 0.326 e. The predicted octanol–water partition coefficient (Wildman–Crippen LogP) is 1.17. The van der Waals surface area contributed by atoms with E-state index in [1.54, 1.807) is 13.8 Å². The number of carboxylic acid groups (broad SMARTS) is 1. The molecule has 7 heteroatoms. The molecule has 2 rings (SSSR count). The molecule has 0 saturated heterocycles. The lowest BCUT2D eigenvalue weighted by atomic mass is 10.2. The third-order valence-electron chi connectivity index (χ3n) is 3.12. The highest BCUT2D eigenvalue weighted by atomic mass is 16.4. The van der Waals surface area contributed by atoms with Gasteiger partial charge in [0, 0.05) is 0 Å². The van der Waals surface area contributed by atoms with Crippen LogP contribution in [0.4, 0.5) is 0 Å². The Balaban J connectivity index is 2.24. The number of carbonyl (C=O) groups is 2. The Labute approximate surface area is 121 Å². The Morgan fingerprint density at radius 2 is 2.00 bits per heavy atom. The van der Waals surface area contributed by atoms with Crippen molar-refractivity contribution < 1.29 is 14.7 Å². The fraction of sp³-hybridized carbons (Fsp3) is 0.286. The van der Waals surface area contributed by atoms with Gasteiger partial charge in [-0.25, -0.2) is 9.48 Å². The van der Waals surface area contributed by atoms with E-state index >= 15 is 0 Å². The minimum absolute atomic E-state index is 0.124. The fourth-order valence-corrected chi connectivity index (χ4v) is 1.92. The van der Waals surface area contributed by atoms with Crippen LogP contribution in [0.2, 0.25) is 0 Å². The second-order valence-electron chi connectivity index (χ2n) is 4.54. The number of hydrogen-bond acceptors (Lipinski definition) is 4. The summed E-state index contributed by atoms with van der Waals surface area (Å²) >= 11 is 0. The zero-order valence-electron chi connectivity index (χ0n) is 11.8. The number of carbonyl (C=O) groups excluding carboxylic acids is 1. The molecule has 0 bridgehead atoms. The van der Waals surface area contributed by atoms with Crippen LogP contribution in [0.1, 0.15) is 29.5 Å². The average Bonchev–Trinajstić information content (AvgIpc) is 2.87. The molecular weight excluding hydrogens is 272 g/mol. The second kappa shape index (κ2) is 6.17.